The molecule has 2 fully saturated rings. The molecule has 5 nitrogen and oxygen atoms in total. The van der Waals surface area contributed by atoms with Crippen LogP contribution in [0.5, 0.6) is 0 Å². The second-order valence-electron chi connectivity index (χ2n) is 8.03. The number of rotatable bonds is 3. The van der Waals surface area contributed by atoms with Crippen molar-refractivity contribution in [2.24, 2.45) is 5.41 Å². The molecule has 0 bridgehead atoms. The van der Waals surface area contributed by atoms with Crippen LogP contribution in [0.1, 0.15) is 50.3 Å². The van der Waals surface area contributed by atoms with Gasteiger partial charge in [0, 0.05) is 20.1 Å². The van der Waals surface area contributed by atoms with Crippen LogP contribution in [0, 0.1) is 12.3 Å². The number of carbonyl (C=O) groups excluding carboxylic acids is 2. The van der Waals surface area contributed by atoms with Crippen LogP contribution >= 0.6 is 0 Å². The Bertz CT molecular complexity index is 680. The summed E-state index contributed by atoms with van der Waals surface area (Å²) in [6, 6.07) is 7.55. The smallest absolute Gasteiger partial charge is 0.254 e. The number of likely N-dealkylation sites (tertiary alicyclic amines) is 1. The molecule has 2 heterocycles. The highest BCUT2D eigenvalue weighted by atomic mass is 16.5. The summed E-state index contributed by atoms with van der Waals surface area (Å²) in [5.74, 6) is -0.0738. The summed E-state index contributed by atoms with van der Waals surface area (Å²) in [5, 5.41) is 0. The topological polar surface area (TPSA) is 49.9 Å². The van der Waals surface area contributed by atoms with E-state index in [0.29, 0.717) is 5.41 Å². The fourth-order valence-electron chi connectivity index (χ4n) is 4.01. The number of morpholine rings is 1. The number of hydrogen-bond donors (Lipinski definition) is 0. The minimum atomic E-state index is -0.634. The molecule has 1 aromatic carbocycles. The van der Waals surface area contributed by atoms with Gasteiger partial charge in [-0.2, -0.15) is 0 Å². The fourth-order valence-corrected chi connectivity index (χ4v) is 4.01. The maximum Gasteiger partial charge on any atom is 0.254 e. The molecule has 5 heteroatoms. The van der Waals surface area contributed by atoms with Gasteiger partial charge in [-0.1, -0.05) is 44.5 Å². The Hall–Kier alpha value is -1.88. The molecular weight excluding hydrogens is 328 g/mol. The Morgan fingerprint density at radius 2 is 1.92 bits per heavy atom. The number of hydrogen-bond acceptors (Lipinski definition) is 3. The Kier molecular flexibility index (Phi) is 5.37. The maximum absolute atomic E-state index is 13.3. The van der Waals surface area contributed by atoms with E-state index in [1.165, 1.54) is 0 Å². The molecule has 2 atom stereocenters. The lowest BCUT2D eigenvalue weighted by Gasteiger charge is -2.44. The standard InChI is InChI=1S/C21H30N2O3/c1-5-21(3)10-12-23(13-11-21)20(25)19-18(22(4)17(24)14-26-19)16-9-7-6-8-15(16)2/h6-9,18-19H,5,10-14H2,1-4H3/t18-,19+/m1/s1. The summed E-state index contributed by atoms with van der Waals surface area (Å²) < 4.78 is 5.79. The molecule has 2 aliphatic rings. The third kappa shape index (κ3) is 3.50. The molecule has 3 rings (SSSR count). The predicted molar refractivity (Wildman–Crippen MR) is 101 cm³/mol. The molecule has 142 valence electrons. The van der Waals surface area contributed by atoms with Gasteiger partial charge in [0.15, 0.2) is 6.10 Å². The lowest BCUT2D eigenvalue weighted by Crippen LogP contribution is -2.55. The largest absolute Gasteiger partial charge is 0.356 e. The van der Waals surface area contributed by atoms with E-state index in [9.17, 15) is 9.59 Å². The average molecular weight is 358 g/mol. The van der Waals surface area contributed by atoms with E-state index in [0.717, 1.165) is 43.5 Å². The number of aryl methyl sites for hydroxylation is 1. The maximum atomic E-state index is 13.3. The van der Waals surface area contributed by atoms with Crippen molar-refractivity contribution < 1.29 is 14.3 Å². The summed E-state index contributed by atoms with van der Waals surface area (Å²) in [6.45, 7) is 8.03. The first kappa shape index (κ1) is 18.9. The van der Waals surface area contributed by atoms with Crippen molar-refractivity contribution in [2.45, 2.75) is 52.2 Å². The molecule has 0 radical (unpaired) electrons. The first-order valence-electron chi connectivity index (χ1n) is 9.58. The van der Waals surface area contributed by atoms with Gasteiger partial charge in [-0.25, -0.2) is 0 Å². The Morgan fingerprint density at radius 3 is 2.54 bits per heavy atom. The lowest BCUT2D eigenvalue weighted by molar-refractivity contribution is -0.168. The van der Waals surface area contributed by atoms with Gasteiger partial charge in [-0.3, -0.25) is 9.59 Å². The number of piperidine rings is 1. The Labute approximate surface area is 156 Å². The van der Waals surface area contributed by atoms with Crippen LogP contribution in [-0.2, 0) is 14.3 Å². The van der Waals surface area contributed by atoms with E-state index in [1.807, 2.05) is 36.1 Å². The highest BCUT2D eigenvalue weighted by molar-refractivity contribution is 5.86. The monoisotopic (exact) mass is 358 g/mol. The van der Waals surface area contributed by atoms with Crippen molar-refractivity contribution in [3.05, 3.63) is 35.4 Å². The summed E-state index contributed by atoms with van der Waals surface area (Å²) in [5.41, 5.74) is 2.38. The highest BCUT2D eigenvalue weighted by Crippen LogP contribution is 2.36. The van der Waals surface area contributed by atoms with E-state index in [1.54, 1.807) is 11.9 Å². The van der Waals surface area contributed by atoms with Crippen LogP contribution in [0.25, 0.3) is 0 Å². The van der Waals surface area contributed by atoms with E-state index >= 15 is 0 Å². The first-order valence-corrected chi connectivity index (χ1v) is 9.58. The van der Waals surface area contributed by atoms with Gasteiger partial charge in [-0.05, 0) is 36.3 Å². The normalized spacial score (nSPS) is 26.1. The molecule has 0 unspecified atom stereocenters. The zero-order valence-electron chi connectivity index (χ0n) is 16.3. The van der Waals surface area contributed by atoms with E-state index in [2.05, 4.69) is 13.8 Å². The van der Waals surface area contributed by atoms with Crippen molar-refractivity contribution in [1.82, 2.24) is 9.80 Å². The third-order valence-electron chi connectivity index (χ3n) is 6.37. The van der Waals surface area contributed by atoms with Crippen LogP contribution in [0.3, 0.4) is 0 Å². The average Bonchev–Trinajstić information content (AvgIpc) is 2.65. The number of benzene rings is 1. The fraction of sp³-hybridized carbons (Fsp3) is 0.619. The van der Waals surface area contributed by atoms with Crippen molar-refractivity contribution in [1.29, 1.82) is 0 Å². The molecule has 0 N–H and O–H groups in total. The number of likely N-dealkylation sites (N-methyl/N-ethyl adjacent to an activating group) is 1. The second-order valence-corrected chi connectivity index (χ2v) is 8.03. The third-order valence-corrected chi connectivity index (χ3v) is 6.37. The minimum Gasteiger partial charge on any atom is -0.356 e. The molecule has 1 aromatic rings. The van der Waals surface area contributed by atoms with Crippen LogP contribution in [0.15, 0.2) is 24.3 Å². The van der Waals surface area contributed by atoms with Crippen LogP contribution in [0.2, 0.25) is 0 Å². The molecule has 2 aliphatic heterocycles. The molecular formula is C21H30N2O3. The van der Waals surface area contributed by atoms with Gasteiger partial charge in [0.2, 0.25) is 5.91 Å². The number of ether oxygens (including phenoxy) is 1. The number of nitrogens with zero attached hydrogens (tertiary/aromatic N) is 2. The SMILES string of the molecule is CCC1(C)CCN(C(=O)[C@H]2OCC(=O)N(C)[C@@H]2c2ccccc2C)CC1. The first-order chi connectivity index (χ1) is 12.4. The summed E-state index contributed by atoms with van der Waals surface area (Å²) in [7, 11) is 1.77. The van der Waals surface area contributed by atoms with Gasteiger partial charge in [0.25, 0.3) is 5.91 Å². The molecule has 2 amide bonds. The predicted octanol–water partition coefficient (Wildman–Crippen LogP) is 2.93. The quantitative estimate of drug-likeness (QED) is 0.835. The molecule has 2 saturated heterocycles. The van der Waals surface area contributed by atoms with Gasteiger partial charge >= 0.3 is 0 Å². The van der Waals surface area contributed by atoms with Crippen molar-refractivity contribution in [2.75, 3.05) is 26.7 Å². The molecule has 26 heavy (non-hydrogen) atoms. The van der Waals surface area contributed by atoms with Crippen molar-refractivity contribution in [3.8, 4) is 0 Å². The van der Waals surface area contributed by atoms with Gasteiger partial charge in [0.1, 0.15) is 6.61 Å². The van der Waals surface area contributed by atoms with Crippen LogP contribution in [-0.4, -0.2) is 54.5 Å². The number of carbonyl (C=O) groups is 2. The zero-order valence-corrected chi connectivity index (χ0v) is 16.3. The van der Waals surface area contributed by atoms with Crippen molar-refractivity contribution >= 4 is 11.8 Å². The molecule has 0 aliphatic carbocycles. The summed E-state index contributed by atoms with van der Waals surface area (Å²) in [6.07, 6.45) is 2.54. The minimum absolute atomic E-state index is 0.00996. The Balaban J connectivity index is 1.84. The van der Waals surface area contributed by atoms with E-state index in [-0.39, 0.29) is 24.5 Å². The van der Waals surface area contributed by atoms with Crippen LogP contribution < -0.4 is 0 Å². The summed E-state index contributed by atoms with van der Waals surface area (Å²) in [4.78, 5) is 29.1. The highest BCUT2D eigenvalue weighted by Gasteiger charge is 2.43. The van der Waals surface area contributed by atoms with Gasteiger partial charge < -0.3 is 14.5 Å². The number of amides is 2. The van der Waals surface area contributed by atoms with Crippen molar-refractivity contribution in [3.63, 3.8) is 0 Å². The zero-order chi connectivity index (χ0) is 18.9. The Morgan fingerprint density at radius 1 is 1.27 bits per heavy atom. The lowest BCUT2D eigenvalue weighted by atomic mass is 9.78. The van der Waals surface area contributed by atoms with E-state index in [4.69, 9.17) is 4.74 Å². The van der Waals surface area contributed by atoms with Crippen LogP contribution in [0.4, 0.5) is 0 Å². The molecule has 0 aromatic heterocycles. The molecule has 0 saturated carbocycles. The van der Waals surface area contributed by atoms with Gasteiger partial charge in [0.05, 0.1) is 6.04 Å². The second kappa shape index (κ2) is 7.39. The van der Waals surface area contributed by atoms with E-state index < -0.39 is 6.10 Å². The van der Waals surface area contributed by atoms with Gasteiger partial charge in [-0.15, -0.1) is 0 Å². The summed E-state index contributed by atoms with van der Waals surface area (Å²) >= 11 is 0. The molecule has 0 spiro atoms.